The number of nitrogens with zero attached hydrogens (tertiary/aromatic N) is 1. The molecule has 1 saturated carbocycles. The lowest BCUT2D eigenvalue weighted by Gasteiger charge is -2.30. The van der Waals surface area contributed by atoms with E-state index in [2.05, 4.69) is 15.6 Å². The maximum atomic E-state index is 12.6. The van der Waals surface area contributed by atoms with Crippen molar-refractivity contribution in [3.8, 4) is 5.75 Å². The lowest BCUT2D eigenvalue weighted by Crippen LogP contribution is -2.44. The largest absolute Gasteiger partial charge is 0.491 e. The summed E-state index contributed by atoms with van der Waals surface area (Å²) in [7, 11) is 0. The number of thiazole rings is 1. The highest BCUT2D eigenvalue weighted by molar-refractivity contribution is 7.20. The van der Waals surface area contributed by atoms with Crippen molar-refractivity contribution in [2.75, 3.05) is 13.2 Å². The molecule has 1 unspecified atom stereocenters. The second kappa shape index (κ2) is 10.6. The van der Waals surface area contributed by atoms with Crippen LogP contribution in [0.4, 0.5) is 0 Å². The van der Waals surface area contributed by atoms with E-state index in [1.807, 2.05) is 43.3 Å². The number of nitrogens with one attached hydrogen (secondary N) is 2. The Morgan fingerprint density at radius 1 is 1.19 bits per heavy atom. The predicted molar refractivity (Wildman–Crippen MR) is 129 cm³/mol. The summed E-state index contributed by atoms with van der Waals surface area (Å²) >= 11 is 7.39. The molecule has 1 aliphatic carbocycles. The van der Waals surface area contributed by atoms with Crippen LogP contribution < -0.4 is 15.4 Å². The molecule has 0 aliphatic heterocycles. The molecule has 170 valence electrons. The highest BCUT2D eigenvalue weighted by Gasteiger charge is 2.24. The predicted octanol–water partition coefficient (Wildman–Crippen LogP) is 4.33. The van der Waals surface area contributed by atoms with Gasteiger partial charge < -0.3 is 20.5 Å². The molecule has 0 radical (unpaired) electrons. The Bertz CT molecular complexity index is 1050. The fraction of sp³-hybridized carbons (Fsp3) is 0.417. The maximum Gasteiger partial charge on any atom is 0.280 e. The lowest BCUT2D eigenvalue weighted by atomic mass is 9.91. The summed E-state index contributed by atoms with van der Waals surface area (Å²) in [6.07, 6.45) is 3.13. The van der Waals surface area contributed by atoms with Crippen LogP contribution in [0.3, 0.4) is 0 Å². The molecule has 1 fully saturated rings. The third-order valence-corrected chi connectivity index (χ3v) is 6.98. The molecule has 1 heterocycles. The number of hydrogen-bond donors (Lipinski definition) is 3. The molecule has 3 N–H and O–H groups in total. The van der Waals surface area contributed by atoms with E-state index in [0.29, 0.717) is 22.6 Å². The van der Waals surface area contributed by atoms with Crippen molar-refractivity contribution in [1.29, 1.82) is 0 Å². The standard InChI is InChI=1S/C24H28ClN3O3S/c1-15-2-9-20(10-3-15)31-14-19(29)13-26-17-5-7-18(8-6-17)27-23(30)24-28-21-12-16(25)4-11-22(21)32-24/h2-4,9-12,17-19,26,29H,5-8,13-14H2,1H3,(H,27,30). The molecule has 8 heteroatoms. The number of fused-ring (bicyclic) bond motifs is 1. The number of benzene rings is 2. The van der Waals surface area contributed by atoms with Gasteiger partial charge in [-0.1, -0.05) is 29.3 Å². The van der Waals surface area contributed by atoms with Crippen molar-refractivity contribution in [2.24, 2.45) is 0 Å². The highest BCUT2D eigenvalue weighted by Crippen LogP contribution is 2.26. The number of aliphatic hydroxyl groups is 1. The normalized spacial score (nSPS) is 19.6. The smallest absolute Gasteiger partial charge is 0.280 e. The van der Waals surface area contributed by atoms with Crippen LogP contribution in [-0.4, -0.2) is 47.3 Å². The Labute approximate surface area is 197 Å². The summed E-state index contributed by atoms with van der Waals surface area (Å²) in [5.74, 6) is 0.643. The molecule has 1 aromatic heterocycles. The van der Waals surface area contributed by atoms with Crippen LogP contribution in [0.1, 0.15) is 41.0 Å². The fourth-order valence-electron chi connectivity index (χ4n) is 3.88. The second-order valence-corrected chi connectivity index (χ2v) is 9.81. The minimum Gasteiger partial charge on any atom is -0.491 e. The van der Waals surface area contributed by atoms with Gasteiger partial charge in [-0.2, -0.15) is 0 Å². The van der Waals surface area contributed by atoms with Gasteiger partial charge in [-0.15, -0.1) is 11.3 Å². The first-order chi connectivity index (χ1) is 15.5. The van der Waals surface area contributed by atoms with Gasteiger partial charge >= 0.3 is 0 Å². The average Bonchev–Trinajstić information content (AvgIpc) is 3.21. The zero-order valence-electron chi connectivity index (χ0n) is 18.0. The van der Waals surface area contributed by atoms with Crippen LogP contribution >= 0.6 is 22.9 Å². The molecule has 0 spiro atoms. The van der Waals surface area contributed by atoms with Crippen molar-refractivity contribution in [1.82, 2.24) is 15.6 Å². The molecular formula is C24H28ClN3O3S. The third-order valence-electron chi connectivity index (χ3n) is 5.71. The molecule has 3 aromatic rings. The molecule has 0 bridgehead atoms. The third kappa shape index (κ3) is 6.19. The highest BCUT2D eigenvalue weighted by atomic mass is 35.5. The molecular weight excluding hydrogens is 446 g/mol. The van der Waals surface area contributed by atoms with E-state index in [4.69, 9.17) is 16.3 Å². The summed E-state index contributed by atoms with van der Waals surface area (Å²) in [6.45, 7) is 2.77. The molecule has 1 aliphatic rings. The first kappa shape index (κ1) is 23.0. The molecule has 6 nitrogen and oxygen atoms in total. The Morgan fingerprint density at radius 2 is 1.91 bits per heavy atom. The number of aliphatic hydroxyl groups excluding tert-OH is 1. The van der Waals surface area contributed by atoms with Crippen LogP contribution in [0.5, 0.6) is 5.75 Å². The van der Waals surface area contributed by atoms with Gasteiger partial charge in [0.1, 0.15) is 18.5 Å². The zero-order valence-corrected chi connectivity index (χ0v) is 19.6. The maximum absolute atomic E-state index is 12.6. The summed E-state index contributed by atoms with van der Waals surface area (Å²) in [4.78, 5) is 17.0. The zero-order chi connectivity index (χ0) is 22.5. The van der Waals surface area contributed by atoms with Gasteiger partial charge in [0.15, 0.2) is 5.01 Å². The van der Waals surface area contributed by atoms with Crippen molar-refractivity contribution in [3.63, 3.8) is 0 Å². The number of aryl methyl sites for hydroxylation is 1. The van der Waals surface area contributed by atoms with Crippen molar-refractivity contribution >= 4 is 39.1 Å². The van der Waals surface area contributed by atoms with Crippen LogP contribution in [-0.2, 0) is 0 Å². The number of carbonyl (C=O) groups excluding carboxylic acids is 1. The summed E-state index contributed by atoms with van der Waals surface area (Å²) < 4.78 is 6.60. The number of hydrogen-bond acceptors (Lipinski definition) is 6. The summed E-state index contributed by atoms with van der Waals surface area (Å²) in [5.41, 5.74) is 1.93. The number of carbonyl (C=O) groups is 1. The van der Waals surface area contributed by atoms with E-state index >= 15 is 0 Å². The van der Waals surface area contributed by atoms with Gasteiger partial charge in [0.05, 0.1) is 10.2 Å². The Morgan fingerprint density at radius 3 is 2.66 bits per heavy atom. The Kier molecular flexibility index (Phi) is 7.63. The average molecular weight is 474 g/mol. The van der Waals surface area contributed by atoms with Crippen molar-refractivity contribution in [3.05, 3.63) is 58.1 Å². The van der Waals surface area contributed by atoms with E-state index < -0.39 is 6.10 Å². The minimum atomic E-state index is -0.568. The first-order valence-corrected chi connectivity index (χ1v) is 12.1. The Hall–Kier alpha value is -2.19. The van der Waals surface area contributed by atoms with Gasteiger partial charge in [-0.25, -0.2) is 4.98 Å². The number of ether oxygens (including phenoxy) is 1. The lowest BCUT2D eigenvalue weighted by molar-refractivity contribution is 0.0915. The van der Waals surface area contributed by atoms with Gasteiger partial charge in [0.25, 0.3) is 5.91 Å². The van der Waals surface area contributed by atoms with Crippen molar-refractivity contribution < 1.29 is 14.6 Å². The van der Waals surface area contributed by atoms with Crippen LogP contribution in [0.15, 0.2) is 42.5 Å². The summed E-state index contributed by atoms with van der Waals surface area (Å²) in [6, 6.07) is 13.8. The fourth-order valence-corrected chi connectivity index (χ4v) is 4.89. The van der Waals surface area contributed by atoms with E-state index in [0.717, 1.165) is 41.6 Å². The number of amides is 1. The molecule has 1 atom stereocenters. The molecule has 4 rings (SSSR count). The Balaban J connectivity index is 1.16. The first-order valence-electron chi connectivity index (χ1n) is 10.9. The van der Waals surface area contributed by atoms with E-state index in [1.165, 1.54) is 16.9 Å². The number of rotatable bonds is 8. The van der Waals surface area contributed by atoms with Crippen molar-refractivity contribution in [2.45, 2.75) is 50.8 Å². The van der Waals surface area contributed by atoms with E-state index in [1.54, 1.807) is 6.07 Å². The number of halogens is 1. The molecule has 2 aromatic carbocycles. The molecule has 1 amide bonds. The van der Waals surface area contributed by atoms with Gasteiger partial charge in [0.2, 0.25) is 0 Å². The van der Waals surface area contributed by atoms with E-state index in [-0.39, 0.29) is 18.6 Å². The van der Waals surface area contributed by atoms with Gasteiger partial charge in [0, 0.05) is 23.7 Å². The molecule has 0 saturated heterocycles. The monoisotopic (exact) mass is 473 g/mol. The van der Waals surface area contributed by atoms with Crippen LogP contribution in [0, 0.1) is 6.92 Å². The van der Waals surface area contributed by atoms with E-state index in [9.17, 15) is 9.90 Å². The van der Waals surface area contributed by atoms with Gasteiger partial charge in [-0.05, 0) is 62.9 Å². The van der Waals surface area contributed by atoms with Crippen LogP contribution in [0.25, 0.3) is 10.2 Å². The second-order valence-electron chi connectivity index (χ2n) is 8.34. The van der Waals surface area contributed by atoms with Gasteiger partial charge in [-0.3, -0.25) is 4.79 Å². The molecule has 32 heavy (non-hydrogen) atoms. The minimum absolute atomic E-state index is 0.123. The SMILES string of the molecule is Cc1ccc(OCC(O)CNC2CCC(NC(=O)c3nc4cc(Cl)ccc4s3)CC2)cc1. The number of aromatic nitrogens is 1. The summed E-state index contributed by atoms with van der Waals surface area (Å²) in [5, 5.41) is 17.8. The van der Waals surface area contributed by atoms with Crippen LogP contribution in [0.2, 0.25) is 5.02 Å². The quantitative estimate of drug-likeness (QED) is 0.453. The topological polar surface area (TPSA) is 83.5 Å².